The van der Waals surface area contributed by atoms with Crippen molar-refractivity contribution in [2.24, 2.45) is 0 Å². The van der Waals surface area contributed by atoms with Crippen LogP contribution < -0.4 is 9.64 Å². The van der Waals surface area contributed by atoms with Gasteiger partial charge in [0.1, 0.15) is 18.1 Å². The summed E-state index contributed by atoms with van der Waals surface area (Å²) >= 11 is 1.34. The van der Waals surface area contributed by atoms with E-state index < -0.39 is 0 Å². The Morgan fingerprint density at radius 3 is 2.42 bits per heavy atom. The highest BCUT2D eigenvalue weighted by Gasteiger charge is 2.25. The summed E-state index contributed by atoms with van der Waals surface area (Å²) in [4.78, 5) is 32.6. The maximum Gasteiger partial charge on any atom is 0.264 e. The van der Waals surface area contributed by atoms with E-state index in [4.69, 9.17) is 4.74 Å². The molecule has 5 rings (SSSR count). The number of amides is 2. The SMILES string of the molecule is COc1ccc(-c2ccc(N3CCCN(C(=O)CN(Cc4ccc(F)cc4)C(=O)c4cccs4)CC3)nn2)cc1. The molecule has 2 aromatic heterocycles. The summed E-state index contributed by atoms with van der Waals surface area (Å²) in [6, 6.07) is 21.1. The molecule has 0 radical (unpaired) electrons. The number of thiophene rings is 1. The molecule has 4 aromatic rings. The Hall–Kier alpha value is -4.31. The molecule has 40 heavy (non-hydrogen) atoms. The molecule has 10 heteroatoms. The number of aromatic nitrogens is 2. The van der Waals surface area contributed by atoms with Gasteiger partial charge < -0.3 is 19.4 Å². The molecule has 3 heterocycles. The molecule has 206 valence electrons. The minimum atomic E-state index is -0.342. The molecule has 2 aromatic carbocycles. The molecule has 0 aliphatic carbocycles. The second kappa shape index (κ2) is 12.7. The zero-order valence-electron chi connectivity index (χ0n) is 22.2. The number of anilines is 1. The number of ether oxygens (including phenoxy) is 1. The summed E-state index contributed by atoms with van der Waals surface area (Å²) in [5.41, 5.74) is 2.49. The largest absolute Gasteiger partial charge is 0.497 e. The number of rotatable bonds is 8. The van der Waals surface area contributed by atoms with Gasteiger partial charge in [-0.2, -0.15) is 0 Å². The molecule has 0 saturated carbocycles. The van der Waals surface area contributed by atoms with Gasteiger partial charge in [-0.05, 0) is 72.0 Å². The van der Waals surface area contributed by atoms with Crippen LogP contribution in [0.2, 0.25) is 0 Å². The fourth-order valence-corrected chi connectivity index (χ4v) is 5.33. The second-order valence-corrected chi connectivity index (χ2v) is 10.4. The van der Waals surface area contributed by atoms with Crippen LogP contribution >= 0.6 is 11.3 Å². The van der Waals surface area contributed by atoms with Crippen molar-refractivity contribution in [2.75, 3.05) is 44.7 Å². The Morgan fingerprint density at radius 2 is 1.75 bits per heavy atom. The lowest BCUT2D eigenvalue weighted by molar-refractivity contribution is -0.131. The van der Waals surface area contributed by atoms with Crippen molar-refractivity contribution in [3.8, 4) is 17.0 Å². The van der Waals surface area contributed by atoms with Crippen LogP contribution in [0.5, 0.6) is 5.75 Å². The Bertz CT molecular complexity index is 1410. The first kappa shape index (κ1) is 27.3. The van der Waals surface area contributed by atoms with Crippen LogP contribution in [0.3, 0.4) is 0 Å². The Labute approximate surface area is 236 Å². The highest BCUT2D eigenvalue weighted by atomic mass is 32.1. The number of halogens is 1. The van der Waals surface area contributed by atoms with Crippen molar-refractivity contribution < 1.29 is 18.7 Å². The molecule has 8 nitrogen and oxygen atoms in total. The monoisotopic (exact) mass is 559 g/mol. The minimum absolute atomic E-state index is 0.0511. The summed E-state index contributed by atoms with van der Waals surface area (Å²) in [6.07, 6.45) is 0.768. The van der Waals surface area contributed by atoms with Crippen LogP contribution in [0.4, 0.5) is 10.2 Å². The summed E-state index contributed by atoms with van der Waals surface area (Å²) < 4.78 is 18.6. The minimum Gasteiger partial charge on any atom is -0.497 e. The molecule has 1 saturated heterocycles. The number of hydrogen-bond acceptors (Lipinski definition) is 7. The van der Waals surface area contributed by atoms with Gasteiger partial charge >= 0.3 is 0 Å². The quantitative estimate of drug-likeness (QED) is 0.311. The molecule has 1 fully saturated rings. The van der Waals surface area contributed by atoms with Gasteiger partial charge in [0.05, 0.1) is 17.7 Å². The molecular weight excluding hydrogens is 529 g/mol. The third kappa shape index (κ3) is 6.63. The van der Waals surface area contributed by atoms with Crippen LogP contribution in [0.25, 0.3) is 11.3 Å². The average Bonchev–Trinajstić information content (AvgIpc) is 3.42. The first-order valence-corrected chi connectivity index (χ1v) is 14.0. The summed E-state index contributed by atoms with van der Waals surface area (Å²) in [6.45, 7) is 2.62. The van der Waals surface area contributed by atoms with Crippen molar-refractivity contribution in [1.29, 1.82) is 0 Å². The van der Waals surface area contributed by atoms with Gasteiger partial charge in [-0.25, -0.2) is 4.39 Å². The normalized spacial score (nSPS) is 13.6. The molecule has 1 aliphatic heterocycles. The van der Waals surface area contributed by atoms with Crippen LogP contribution in [0.15, 0.2) is 78.2 Å². The van der Waals surface area contributed by atoms with Gasteiger partial charge in [-0.15, -0.1) is 21.5 Å². The summed E-state index contributed by atoms with van der Waals surface area (Å²) in [7, 11) is 1.63. The van der Waals surface area contributed by atoms with E-state index in [1.165, 1.54) is 28.4 Å². The van der Waals surface area contributed by atoms with Gasteiger partial charge in [0.15, 0.2) is 5.82 Å². The molecule has 2 amide bonds. The third-order valence-corrected chi connectivity index (χ3v) is 7.70. The highest BCUT2D eigenvalue weighted by molar-refractivity contribution is 7.12. The number of carbonyl (C=O) groups is 2. The smallest absolute Gasteiger partial charge is 0.264 e. The van der Waals surface area contributed by atoms with Crippen LogP contribution in [0.1, 0.15) is 21.7 Å². The lowest BCUT2D eigenvalue weighted by Crippen LogP contribution is -2.43. The lowest BCUT2D eigenvalue weighted by Gasteiger charge is -2.27. The molecular formula is C30H30FN5O3S. The second-order valence-electron chi connectivity index (χ2n) is 9.49. The fraction of sp³-hybridized carbons (Fsp3) is 0.267. The van der Waals surface area contributed by atoms with Crippen molar-refractivity contribution in [2.45, 2.75) is 13.0 Å². The molecule has 0 bridgehead atoms. The molecule has 1 aliphatic rings. The zero-order chi connectivity index (χ0) is 27.9. The van der Waals surface area contributed by atoms with Crippen LogP contribution in [0, 0.1) is 5.82 Å². The zero-order valence-corrected chi connectivity index (χ0v) is 23.0. The molecule has 0 unspecified atom stereocenters. The number of benzene rings is 2. The van der Waals surface area contributed by atoms with Crippen molar-refractivity contribution >= 4 is 29.0 Å². The van der Waals surface area contributed by atoms with Gasteiger partial charge in [0, 0.05) is 38.3 Å². The first-order chi connectivity index (χ1) is 19.5. The first-order valence-electron chi connectivity index (χ1n) is 13.1. The molecule has 0 N–H and O–H groups in total. The predicted octanol–water partition coefficient (Wildman–Crippen LogP) is 4.73. The molecule has 0 spiro atoms. The van der Waals surface area contributed by atoms with Crippen molar-refractivity contribution in [3.05, 3.63) is 94.4 Å². The van der Waals surface area contributed by atoms with E-state index in [-0.39, 0.29) is 30.7 Å². The fourth-order valence-electron chi connectivity index (χ4n) is 4.63. The highest BCUT2D eigenvalue weighted by Crippen LogP contribution is 2.22. The van der Waals surface area contributed by atoms with E-state index in [1.807, 2.05) is 47.8 Å². The van der Waals surface area contributed by atoms with Crippen LogP contribution in [-0.4, -0.2) is 71.6 Å². The molecule has 0 atom stereocenters. The Morgan fingerprint density at radius 1 is 0.950 bits per heavy atom. The van der Waals surface area contributed by atoms with E-state index in [0.717, 1.165) is 41.4 Å². The maximum atomic E-state index is 13.4. The van der Waals surface area contributed by atoms with E-state index in [2.05, 4.69) is 15.1 Å². The van der Waals surface area contributed by atoms with Gasteiger partial charge in [0.2, 0.25) is 5.91 Å². The predicted molar refractivity (Wildman–Crippen MR) is 153 cm³/mol. The van der Waals surface area contributed by atoms with E-state index >= 15 is 0 Å². The van der Waals surface area contributed by atoms with Gasteiger partial charge in [-0.3, -0.25) is 9.59 Å². The average molecular weight is 560 g/mol. The maximum absolute atomic E-state index is 13.4. The van der Waals surface area contributed by atoms with E-state index in [9.17, 15) is 14.0 Å². The third-order valence-electron chi connectivity index (χ3n) is 6.84. The number of hydrogen-bond donors (Lipinski definition) is 0. The standard InChI is InChI=1S/C30H30FN5O3S/c1-39-25-11-7-23(8-12-25)26-13-14-28(33-32-26)34-15-3-16-35(18-17-34)29(37)21-36(30(38)27-4-2-19-40-27)20-22-5-9-24(31)10-6-22/h2,4-14,19H,3,15-18,20-21H2,1H3. The number of nitrogens with zero attached hydrogens (tertiary/aromatic N) is 5. The van der Waals surface area contributed by atoms with Gasteiger partial charge in [-0.1, -0.05) is 18.2 Å². The Balaban J connectivity index is 1.22. The summed E-state index contributed by atoms with van der Waals surface area (Å²) in [5.74, 6) is 0.875. The van der Waals surface area contributed by atoms with E-state index in [1.54, 1.807) is 30.2 Å². The summed E-state index contributed by atoms with van der Waals surface area (Å²) in [5, 5.41) is 10.7. The van der Waals surface area contributed by atoms with Crippen molar-refractivity contribution in [1.82, 2.24) is 20.0 Å². The topological polar surface area (TPSA) is 78.9 Å². The van der Waals surface area contributed by atoms with E-state index in [0.29, 0.717) is 24.5 Å². The van der Waals surface area contributed by atoms with Crippen molar-refractivity contribution in [3.63, 3.8) is 0 Å². The van der Waals surface area contributed by atoms with Gasteiger partial charge in [0.25, 0.3) is 5.91 Å². The lowest BCUT2D eigenvalue weighted by atomic mass is 10.1. The Kier molecular flexibility index (Phi) is 8.65. The number of methoxy groups -OCH3 is 1. The van der Waals surface area contributed by atoms with Crippen LogP contribution in [-0.2, 0) is 11.3 Å². The number of carbonyl (C=O) groups excluding carboxylic acids is 2.